The minimum Gasteiger partial charge on any atom is -0.496 e. The smallest absolute Gasteiger partial charge is 0.232 e. The number of piperazine rings is 1. The molecule has 0 amide bonds. The molecule has 1 saturated heterocycles. The number of benzene rings is 2. The van der Waals surface area contributed by atoms with Gasteiger partial charge in [0.25, 0.3) is 0 Å². The van der Waals surface area contributed by atoms with E-state index in [2.05, 4.69) is 26.5 Å². The highest BCUT2D eigenvalue weighted by Crippen LogP contribution is 2.40. The summed E-state index contributed by atoms with van der Waals surface area (Å²) in [5.74, 6) is 1.34. The molecule has 0 aliphatic carbocycles. The second-order valence-corrected chi connectivity index (χ2v) is 7.94. The van der Waals surface area contributed by atoms with Crippen molar-refractivity contribution in [3.05, 3.63) is 65.1 Å². The molecule has 5 rings (SSSR count). The topological polar surface area (TPSA) is 79.5 Å². The Balaban J connectivity index is 1.40. The number of hydrogen-bond donors (Lipinski definition) is 2. The third-order valence-corrected chi connectivity index (χ3v) is 5.93. The summed E-state index contributed by atoms with van der Waals surface area (Å²) in [6.07, 6.45) is 6.74. The number of H-pyrrole nitrogens is 1. The molecule has 3 aromatic rings. The Morgan fingerprint density at radius 3 is 2.88 bits per heavy atom. The van der Waals surface area contributed by atoms with Gasteiger partial charge in [0, 0.05) is 44.2 Å². The first-order valence-corrected chi connectivity index (χ1v) is 10.9. The minimum atomic E-state index is -0.148. The fraction of sp³-hybridized carbons (Fsp3) is 0.280. The standard InChI is InChI=1S/C25H26N4O3/c1-31-22-10-9-19-24(30)23(16-21-17-6-2-3-8-20(17)27-28-21)32-25(19)18(22)7-4-5-13-29-14-11-26-12-15-29/h2-4,6-10,16,26H,5,11-15H2,1H3,(H,27,28). The van der Waals surface area contributed by atoms with Crippen molar-refractivity contribution in [1.29, 1.82) is 0 Å². The van der Waals surface area contributed by atoms with Crippen molar-refractivity contribution in [3.63, 3.8) is 0 Å². The van der Waals surface area contributed by atoms with Crippen LogP contribution < -0.4 is 14.8 Å². The molecule has 32 heavy (non-hydrogen) atoms. The van der Waals surface area contributed by atoms with E-state index in [1.54, 1.807) is 19.3 Å². The van der Waals surface area contributed by atoms with E-state index in [1.165, 1.54) is 0 Å². The molecule has 2 aromatic carbocycles. The number of para-hydroxylation sites is 1. The Kier molecular flexibility index (Phi) is 5.75. The van der Waals surface area contributed by atoms with Gasteiger partial charge in [-0.15, -0.1) is 0 Å². The summed E-state index contributed by atoms with van der Waals surface area (Å²) in [6.45, 7) is 5.24. The number of methoxy groups -OCH3 is 1. The van der Waals surface area contributed by atoms with Gasteiger partial charge >= 0.3 is 0 Å². The third-order valence-electron chi connectivity index (χ3n) is 5.93. The number of carbonyl (C=O) groups is 1. The monoisotopic (exact) mass is 430 g/mol. The van der Waals surface area contributed by atoms with E-state index in [-0.39, 0.29) is 11.5 Å². The van der Waals surface area contributed by atoms with Gasteiger partial charge in [0.15, 0.2) is 5.76 Å². The Morgan fingerprint density at radius 2 is 2.03 bits per heavy atom. The lowest BCUT2D eigenvalue weighted by atomic mass is 10.0. The normalized spacial score (nSPS) is 17.9. The largest absolute Gasteiger partial charge is 0.496 e. The van der Waals surface area contributed by atoms with E-state index in [1.807, 2.05) is 36.4 Å². The van der Waals surface area contributed by atoms with Crippen LogP contribution in [0.5, 0.6) is 11.5 Å². The molecule has 2 N–H and O–H groups in total. The van der Waals surface area contributed by atoms with Crippen LogP contribution in [0.25, 0.3) is 23.1 Å². The summed E-state index contributed by atoms with van der Waals surface area (Å²) in [5, 5.41) is 11.6. The van der Waals surface area contributed by atoms with Crippen LogP contribution in [0.15, 0.2) is 48.2 Å². The van der Waals surface area contributed by atoms with E-state index in [0.29, 0.717) is 22.8 Å². The molecule has 0 bridgehead atoms. The molecular formula is C25H26N4O3. The second kappa shape index (κ2) is 8.98. The van der Waals surface area contributed by atoms with E-state index in [0.717, 1.165) is 55.6 Å². The summed E-state index contributed by atoms with van der Waals surface area (Å²) in [7, 11) is 1.63. The number of aromatic amines is 1. The summed E-state index contributed by atoms with van der Waals surface area (Å²) in [6, 6.07) is 11.4. The number of allylic oxidation sites excluding steroid dienone is 1. The number of rotatable bonds is 6. The van der Waals surface area contributed by atoms with Crippen LogP contribution in [0.2, 0.25) is 0 Å². The van der Waals surface area contributed by atoms with Crippen molar-refractivity contribution in [1.82, 2.24) is 20.4 Å². The molecule has 3 heterocycles. The van der Waals surface area contributed by atoms with Gasteiger partial charge < -0.3 is 19.7 Å². The van der Waals surface area contributed by atoms with Gasteiger partial charge in [0.2, 0.25) is 5.78 Å². The second-order valence-electron chi connectivity index (χ2n) is 7.94. The van der Waals surface area contributed by atoms with E-state index in [4.69, 9.17) is 9.47 Å². The number of hydrogen-bond acceptors (Lipinski definition) is 6. The van der Waals surface area contributed by atoms with Crippen molar-refractivity contribution in [3.8, 4) is 11.5 Å². The quantitative estimate of drug-likeness (QED) is 0.583. The highest BCUT2D eigenvalue weighted by molar-refractivity contribution is 6.15. The molecule has 0 saturated carbocycles. The summed E-state index contributed by atoms with van der Waals surface area (Å²) >= 11 is 0. The van der Waals surface area contributed by atoms with E-state index in [9.17, 15) is 4.79 Å². The van der Waals surface area contributed by atoms with E-state index >= 15 is 0 Å². The number of ketones is 1. The molecule has 0 atom stereocenters. The number of nitrogens with zero attached hydrogens (tertiary/aromatic N) is 2. The minimum absolute atomic E-state index is 0.148. The fourth-order valence-corrected chi connectivity index (χ4v) is 4.20. The molecule has 2 aliphatic rings. The summed E-state index contributed by atoms with van der Waals surface area (Å²) in [4.78, 5) is 15.5. The molecule has 0 radical (unpaired) electrons. The van der Waals surface area contributed by atoms with Crippen molar-refractivity contribution in [2.75, 3.05) is 39.8 Å². The Hall–Kier alpha value is -3.42. The van der Waals surface area contributed by atoms with E-state index < -0.39 is 0 Å². The zero-order valence-electron chi connectivity index (χ0n) is 18.1. The first-order chi connectivity index (χ1) is 15.7. The number of aromatic nitrogens is 2. The molecule has 7 nitrogen and oxygen atoms in total. The molecule has 7 heteroatoms. The Morgan fingerprint density at radius 1 is 1.19 bits per heavy atom. The fourth-order valence-electron chi connectivity index (χ4n) is 4.20. The predicted molar refractivity (Wildman–Crippen MR) is 125 cm³/mol. The van der Waals surface area contributed by atoms with Gasteiger partial charge in [-0.2, -0.15) is 5.10 Å². The molecule has 164 valence electrons. The first kappa shape index (κ1) is 20.5. The maximum Gasteiger partial charge on any atom is 0.232 e. The van der Waals surface area contributed by atoms with Gasteiger partial charge in [-0.05, 0) is 24.6 Å². The molecule has 2 aliphatic heterocycles. The maximum absolute atomic E-state index is 13.0. The average Bonchev–Trinajstić information content (AvgIpc) is 3.39. The number of carbonyl (C=O) groups excluding carboxylic acids is 1. The lowest BCUT2D eigenvalue weighted by Gasteiger charge is -2.26. The molecular weight excluding hydrogens is 404 g/mol. The van der Waals surface area contributed by atoms with Crippen molar-refractivity contribution in [2.24, 2.45) is 0 Å². The third kappa shape index (κ3) is 3.92. The average molecular weight is 431 g/mol. The van der Waals surface area contributed by atoms with Gasteiger partial charge in [0.1, 0.15) is 11.5 Å². The zero-order chi connectivity index (χ0) is 21.9. The van der Waals surface area contributed by atoms with Crippen molar-refractivity contribution >= 4 is 28.8 Å². The van der Waals surface area contributed by atoms with Crippen LogP contribution >= 0.6 is 0 Å². The summed E-state index contributed by atoms with van der Waals surface area (Å²) in [5.41, 5.74) is 2.92. The highest BCUT2D eigenvalue weighted by atomic mass is 16.5. The Labute approximate surface area is 186 Å². The van der Waals surface area contributed by atoms with Crippen molar-refractivity contribution < 1.29 is 14.3 Å². The summed E-state index contributed by atoms with van der Waals surface area (Å²) < 4.78 is 11.6. The molecule has 1 aromatic heterocycles. The van der Waals surface area contributed by atoms with Crippen LogP contribution in [0, 0.1) is 0 Å². The molecule has 0 spiro atoms. The number of Topliss-reactive ketones (excluding diaryl/α,β-unsaturated/α-hetero) is 1. The number of nitrogens with one attached hydrogen (secondary N) is 2. The molecule has 0 unspecified atom stereocenters. The first-order valence-electron chi connectivity index (χ1n) is 10.9. The van der Waals surface area contributed by atoms with Gasteiger partial charge in [-0.3, -0.25) is 9.89 Å². The van der Waals surface area contributed by atoms with Gasteiger partial charge in [-0.1, -0.05) is 30.4 Å². The SMILES string of the molecule is COc1ccc2c(c1C=CCCN1CCNCC1)OC(=Cc1n[nH]c3ccccc13)C2=O. The zero-order valence-corrected chi connectivity index (χ0v) is 18.1. The van der Waals surface area contributed by atoms with Crippen LogP contribution in [0.3, 0.4) is 0 Å². The Bertz CT molecular complexity index is 1210. The van der Waals surface area contributed by atoms with Crippen LogP contribution in [0.1, 0.15) is 28.0 Å². The lowest BCUT2D eigenvalue weighted by molar-refractivity contribution is 0.101. The number of fused-ring (bicyclic) bond motifs is 2. The highest BCUT2D eigenvalue weighted by Gasteiger charge is 2.31. The molecule has 1 fully saturated rings. The predicted octanol–water partition coefficient (Wildman–Crippen LogP) is 3.50. The van der Waals surface area contributed by atoms with Gasteiger partial charge in [-0.25, -0.2) is 0 Å². The van der Waals surface area contributed by atoms with Crippen LogP contribution in [-0.4, -0.2) is 60.7 Å². The van der Waals surface area contributed by atoms with Crippen molar-refractivity contribution in [2.45, 2.75) is 6.42 Å². The van der Waals surface area contributed by atoms with Gasteiger partial charge in [0.05, 0.1) is 29.4 Å². The van der Waals surface area contributed by atoms with Crippen LogP contribution in [0.4, 0.5) is 0 Å². The number of ether oxygens (including phenoxy) is 2. The maximum atomic E-state index is 13.0. The van der Waals surface area contributed by atoms with Crippen LogP contribution in [-0.2, 0) is 0 Å². The lowest BCUT2D eigenvalue weighted by Crippen LogP contribution is -2.43.